The van der Waals surface area contributed by atoms with Gasteiger partial charge >= 0.3 is 0 Å². The second-order valence-corrected chi connectivity index (χ2v) is 11.1. The van der Waals surface area contributed by atoms with Gasteiger partial charge in [-0.25, -0.2) is 0 Å². The highest BCUT2D eigenvalue weighted by Gasteiger charge is 2.22. The molecule has 1 heterocycles. The third kappa shape index (κ3) is 10.5. The number of rotatable bonds is 8. The molecule has 1 aliphatic rings. The van der Waals surface area contributed by atoms with Crippen LogP contribution in [0, 0.1) is 18.3 Å². The first kappa shape index (κ1) is 32.7. The maximum atomic E-state index is 12.4. The van der Waals surface area contributed by atoms with Gasteiger partial charge in [-0.05, 0) is 86.5 Å². The predicted molar refractivity (Wildman–Crippen MR) is 168 cm³/mol. The van der Waals surface area contributed by atoms with Gasteiger partial charge in [-0.15, -0.1) is 0 Å². The minimum Gasteiger partial charge on any atom is -0.384 e. The van der Waals surface area contributed by atoms with Crippen LogP contribution in [0.2, 0.25) is 10.0 Å². The van der Waals surface area contributed by atoms with Gasteiger partial charge < -0.3 is 16.4 Å². The maximum Gasteiger partial charge on any atom is 0.237 e. The highest BCUT2D eigenvalue weighted by atomic mass is 35.5. The molecule has 6 nitrogen and oxygen atoms in total. The molecule has 0 spiro atoms. The van der Waals surface area contributed by atoms with E-state index in [0.717, 1.165) is 66.0 Å². The van der Waals surface area contributed by atoms with E-state index < -0.39 is 0 Å². The number of nitrogens with one attached hydrogen (secondary N) is 2. The van der Waals surface area contributed by atoms with Gasteiger partial charge in [0.2, 0.25) is 5.91 Å². The number of likely N-dealkylation sites (tertiary alicyclic amines) is 1. The number of hydrogen-bond acceptors (Lipinski definition) is 5. The van der Waals surface area contributed by atoms with Crippen LogP contribution in [-0.2, 0) is 4.79 Å². The van der Waals surface area contributed by atoms with Gasteiger partial charge in [0, 0.05) is 39.2 Å². The molecule has 1 saturated heterocycles. The van der Waals surface area contributed by atoms with Crippen LogP contribution in [0.15, 0.2) is 71.6 Å². The van der Waals surface area contributed by atoms with Crippen LogP contribution in [-0.4, -0.2) is 42.8 Å². The van der Waals surface area contributed by atoms with Crippen molar-refractivity contribution in [2.75, 3.05) is 26.2 Å². The lowest BCUT2D eigenvalue weighted by molar-refractivity contribution is -0.131. The fourth-order valence-electron chi connectivity index (χ4n) is 4.26. The quantitative estimate of drug-likeness (QED) is 0.132. The van der Waals surface area contributed by atoms with Gasteiger partial charge in [0.25, 0.3) is 0 Å². The van der Waals surface area contributed by atoms with Crippen molar-refractivity contribution in [1.82, 2.24) is 9.62 Å². The van der Waals surface area contributed by atoms with Gasteiger partial charge in [-0.2, -0.15) is 0 Å². The minimum atomic E-state index is 0. The molecule has 1 aliphatic heterocycles. The van der Waals surface area contributed by atoms with Crippen LogP contribution in [0.1, 0.15) is 37.8 Å². The third-order valence-corrected chi connectivity index (χ3v) is 7.69. The Labute approximate surface area is 247 Å². The second-order valence-electron chi connectivity index (χ2n) is 9.26. The van der Waals surface area contributed by atoms with E-state index in [1.165, 1.54) is 11.9 Å². The molecule has 0 atom stereocenters. The Morgan fingerprint density at radius 3 is 2.41 bits per heavy atom. The van der Waals surface area contributed by atoms with E-state index in [9.17, 15) is 4.79 Å². The molecule has 1 fully saturated rings. The molecule has 1 amide bonds. The fourth-order valence-corrected chi connectivity index (χ4v) is 5.48. The van der Waals surface area contributed by atoms with Crippen LogP contribution >= 0.6 is 35.1 Å². The van der Waals surface area contributed by atoms with Crippen LogP contribution in [0.5, 0.6) is 0 Å². The summed E-state index contributed by atoms with van der Waals surface area (Å²) in [6, 6.07) is 21.1. The van der Waals surface area contributed by atoms with E-state index in [-0.39, 0.29) is 19.2 Å². The lowest BCUT2D eigenvalue weighted by Gasteiger charge is -2.31. The Bertz CT molecular complexity index is 1230. The third-order valence-electron chi connectivity index (χ3n) is 6.36. The van der Waals surface area contributed by atoms with Gasteiger partial charge in [-0.3, -0.25) is 14.9 Å². The van der Waals surface area contributed by atoms with Crippen molar-refractivity contribution < 1.29 is 4.79 Å². The molecule has 0 aliphatic carbocycles. The van der Waals surface area contributed by atoms with Crippen molar-refractivity contribution in [3.63, 3.8) is 0 Å². The molecule has 210 valence electrons. The number of amidine groups is 1. The number of hydrogen-bond donors (Lipinski definition) is 4. The van der Waals surface area contributed by atoms with Crippen LogP contribution in [0.25, 0.3) is 11.1 Å². The normalized spacial score (nSPS) is 13.2. The molecule has 4 rings (SSSR count). The second kappa shape index (κ2) is 16.5. The summed E-state index contributed by atoms with van der Waals surface area (Å²) in [5, 5.41) is 8.35. The summed E-state index contributed by atoms with van der Waals surface area (Å²) in [4.78, 5) is 15.4. The molecule has 0 aromatic heterocycles. The first-order valence-corrected chi connectivity index (χ1v) is 14.2. The highest BCUT2D eigenvalue weighted by molar-refractivity contribution is 7.97. The molecule has 9 heteroatoms. The summed E-state index contributed by atoms with van der Waals surface area (Å²) in [7, 11) is 0. The number of nitrogens with two attached hydrogens (primary N) is 2. The van der Waals surface area contributed by atoms with Crippen molar-refractivity contribution in [3.05, 3.63) is 87.9 Å². The molecule has 0 bridgehead atoms. The lowest BCUT2D eigenvalue weighted by Crippen LogP contribution is -2.42. The van der Waals surface area contributed by atoms with Crippen LogP contribution in [0.3, 0.4) is 0 Å². The summed E-state index contributed by atoms with van der Waals surface area (Å²) in [5.74, 6) is 0.943. The van der Waals surface area contributed by atoms with Crippen molar-refractivity contribution in [3.8, 4) is 11.1 Å². The first-order valence-electron chi connectivity index (χ1n) is 12.6. The maximum absolute atomic E-state index is 12.4. The smallest absolute Gasteiger partial charge is 0.237 e. The zero-order chi connectivity index (χ0) is 27.5. The summed E-state index contributed by atoms with van der Waals surface area (Å²) in [6.07, 6.45) is 3.17. The van der Waals surface area contributed by atoms with E-state index >= 15 is 0 Å². The number of piperidine rings is 1. The van der Waals surface area contributed by atoms with Crippen molar-refractivity contribution >= 4 is 46.9 Å². The van der Waals surface area contributed by atoms with E-state index in [1.807, 2.05) is 66.4 Å². The SMILES string of the molecule is C.Cc1cccc(C(=N)N)c1.NCCC1CCN(C(=O)CNSc2cccc(-c3ccc(Cl)cc3Cl)c2)CC1. The summed E-state index contributed by atoms with van der Waals surface area (Å²) >= 11 is 13.8. The van der Waals surface area contributed by atoms with Gasteiger partial charge in [-0.1, -0.05) is 72.6 Å². The molecule has 0 radical (unpaired) electrons. The zero-order valence-electron chi connectivity index (χ0n) is 21.6. The monoisotopic (exact) mass is 587 g/mol. The lowest BCUT2D eigenvalue weighted by atomic mass is 9.93. The molecular formula is C30H39Cl2N5OS. The fraction of sp³-hybridized carbons (Fsp3) is 0.333. The number of carbonyl (C=O) groups is 1. The Hall–Kier alpha value is -2.55. The van der Waals surface area contributed by atoms with Crippen LogP contribution in [0.4, 0.5) is 0 Å². The molecule has 0 saturated carbocycles. The van der Waals surface area contributed by atoms with E-state index in [4.69, 9.17) is 40.1 Å². The zero-order valence-corrected chi connectivity index (χ0v) is 23.9. The number of halogens is 2. The number of carbonyl (C=O) groups excluding carboxylic acids is 1. The van der Waals surface area contributed by atoms with Crippen molar-refractivity contribution in [2.24, 2.45) is 17.4 Å². The Morgan fingerprint density at radius 2 is 1.79 bits per heavy atom. The van der Waals surface area contributed by atoms with E-state index in [2.05, 4.69) is 10.8 Å². The largest absolute Gasteiger partial charge is 0.384 e. The minimum absolute atomic E-state index is 0. The molecule has 0 unspecified atom stereocenters. The average molecular weight is 589 g/mol. The van der Waals surface area contributed by atoms with Crippen molar-refractivity contribution in [2.45, 2.75) is 38.5 Å². The molecule has 6 N–H and O–H groups in total. The van der Waals surface area contributed by atoms with Crippen LogP contribution < -0.4 is 16.2 Å². The summed E-state index contributed by atoms with van der Waals surface area (Å²) in [5.41, 5.74) is 14.8. The van der Waals surface area contributed by atoms with Gasteiger partial charge in [0.05, 0.1) is 6.54 Å². The van der Waals surface area contributed by atoms with Crippen molar-refractivity contribution in [1.29, 1.82) is 5.41 Å². The number of aryl methyl sites for hydroxylation is 1. The Morgan fingerprint density at radius 1 is 1.08 bits per heavy atom. The number of amides is 1. The predicted octanol–water partition coefficient (Wildman–Crippen LogP) is 6.76. The Kier molecular flexibility index (Phi) is 13.8. The molecule has 3 aromatic carbocycles. The number of nitrogens with zero attached hydrogens (tertiary/aromatic N) is 1. The average Bonchev–Trinajstić information content (AvgIpc) is 2.90. The first-order chi connectivity index (χ1) is 18.3. The number of nitrogen functional groups attached to an aromatic ring is 1. The summed E-state index contributed by atoms with van der Waals surface area (Å²) in [6.45, 7) is 4.70. The molecule has 3 aromatic rings. The highest BCUT2D eigenvalue weighted by Crippen LogP contribution is 2.32. The molecular weight excluding hydrogens is 549 g/mol. The summed E-state index contributed by atoms with van der Waals surface area (Å²) < 4.78 is 3.19. The van der Waals surface area contributed by atoms with Gasteiger partial charge in [0.1, 0.15) is 5.84 Å². The standard InChI is InChI=1S/C21H25Cl2N3OS.C8H10N2.CH4/c22-17-4-5-19(20(23)13-17)16-2-1-3-18(12-16)28-25-14-21(27)26-10-7-15(6-9-24)8-11-26;1-6-3-2-4-7(5-6)8(9)10;/h1-5,12-13,15,25H,6-11,14,24H2;2-5H,1H3,(H3,9,10);1H4. The number of benzene rings is 3. The molecule has 39 heavy (non-hydrogen) atoms. The van der Waals surface area contributed by atoms with Gasteiger partial charge in [0.15, 0.2) is 0 Å². The van der Waals surface area contributed by atoms with E-state index in [1.54, 1.807) is 6.07 Å². The Balaban J connectivity index is 0.000000410. The van der Waals surface area contributed by atoms with E-state index in [0.29, 0.717) is 22.5 Å². The topological polar surface area (TPSA) is 108 Å².